The number of benzene rings is 1. The van der Waals surface area contributed by atoms with E-state index in [1.807, 2.05) is 35.2 Å². The monoisotopic (exact) mass is 340 g/mol. The second-order valence-electron chi connectivity index (χ2n) is 7.05. The van der Waals surface area contributed by atoms with Gasteiger partial charge in [-0.1, -0.05) is 18.2 Å². The quantitative estimate of drug-likeness (QED) is 0.862. The molecule has 1 aromatic heterocycles. The first-order valence-electron chi connectivity index (χ1n) is 8.91. The number of ether oxygens (including phenoxy) is 2. The van der Waals surface area contributed by atoms with Crippen molar-refractivity contribution in [3.63, 3.8) is 0 Å². The van der Waals surface area contributed by atoms with Crippen LogP contribution in [0.15, 0.2) is 36.5 Å². The van der Waals surface area contributed by atoms with Crippen LogP contribution in [0.2, 0.25) is 0 Å². The van der Waals surface area contributed by atoms with Gasteiger partial charge >= 0.3 is 0 Å². The molecule has 2 aliphatic rings. The number of aromatic nitrogens is 1. The molecule has 1 aliphatic heterocycles. The van der Waals surface area contributed by atoms with E-state index in [2.05, 4.69) is 4.98 Å². The van der Waals surface area contributed by atoms with E-state index in [9.17, 15) is 4.79 Å². The van der Waals surface area contributed by atoms with Crippen LogP contribution in [0.1, 0.15) is 36.0 Å². The van der Waals surface area contributed by atoms with E-state index in [0.717, 1.165) is 43.1 Å². The number of methoxy groups -OCH3 is 2. The molecule has 1 aromatic carbocycles. The maximum atomic E-state index is 13.4. The van der Waals surface area contributed by atoms with Gasteiger partial charge in [0.1, 0.15) is 0 Å². The molecule has 1 amide bonds. The lowest BCUT2D eigenvalue weighted by atomic mass is 9.79. The van der Waals surface area contributed by atoms with E-state index in [1.54, 1.807) is 20.4 Å². The van der Waals surface area contributed by atoms with E-state index in [-0.39, 0.29) is 23.7 Å². The molecule has 0 unspecified atom stereocenters. The zero-order valence-electron chi connectivity index (χ0n) is 14.8. The summed E-state index contributed by atoms with van der Waals surface area (Å²) < 4.78 is 11.5. The predicted octanol–water partition coefficient (Wildman–Crippen LogP) is 3.03. The summed E-state index contributed by atoms with van der Waals surface area (Å²) in [6, 6.07) is 9.74. The third-order valence-electron chi connectivity index (χ3n) is 6.00. The molecule has 0 N–H and O–H groups in total. The van der Waals surface area contributed by atoms with Crippen LogP contribution < -0.4 is 0 Å². The third-order valence-corrected chi connectivity index (χ3v) is 6.00. The second-order valence-corrected chi connectivity index (χ2v) is 7.05. The minimum atomic E-state index is -0.233. The van der Waals surface area contributed by atoms with Crippen LogP contribution in [0.25, 0.3) is 10.9 Å². The highest BCUT2D eigenvalue weighted by molar-refractivity contribution is 6.05. The molecule has 5 heteroatoms. The number of fused-ring (bicyclic) bond motifs is 2. The SMILES string of the molecule is CO[C@@H]1CC[C@@]2(OC)CCN(C(=O)c3cccc4cccnc34)[C@H]2C1. The first-order valence-corrected chi connectivity index (χ1v) is 8.91. The smallest absolute Gasteiger partial charge is 0.256 e. The molecular weight excluding hydrogens is 316 g/mol. The fourth-order valence-corrected chi connectivity index (χ4v) is 4.55. The van der Waals surface area contributed by atoms with Crippen molar-refractivity contribution in [2.24, 2.45) is 0 Å². The molecule has 4 rings (SSSR count). The van der Waals surface area contributed by atoms with E-state index < -0.39 is 0 Å². The number of carbonyl (C=O) groups excluding carboxylic acids is 1. The van der Waals surface area contributed by atoms with Crippen molar-refractivity contribution in [2.75, 3.05) is 20.8 Å². The van der Waals surface area contributed by atoms with Gasteiger partial charge in [-0.25, -0.2) is 0 Å². The Morgan fingerprint density at radius 1 is 1.24 bits per heavy atom. The molecule has 25 heavy (non-hydrogen) atoms. The lowest BCUT2D eigenvalue weighted by molar-refractivity contribution is -0.0893. The van der Waals surface area contributed by atoms with Crippen LogP contribution in [-0.2, 0) is 9.47 Å². The summed E-state index contributed by atoms with van der Waals surface area (Å²) in [5, 5.41) is 0.990. The molecule has 1 aliphatic carbocycles. The number of amides is 1. The number of pyridine rings is 1. The van der Waals surface area contributed by atoms with Crippen LogP contribution >= 0.6 is 0 Å². The van der Waals surface area contributed by atoms with E-state index in [0.29, 0.717) is 5.56 Å². The van der Waals surface area contributed by atoms with Crippen LogP contribution in [0, 0.1) is 0 Å². The van der Waals surface area contributed by atoms with Crippen LogP contribution in [0.5, 0.6) is 0 Å². The molecular formula is C20H24N2O3. The first-order chi connectivity index (χ1) is 12.2. The number of nitrogens with zero attached hydrogens (tertiary/aromatic N) is 2. The first kappa shape index (κ1) is 16.5. The summed E-state index contributed by atoms with van der Waals surface area (Å²) in [6.45, 7) is 0.719. The Hall–Kier alpha value is -1.98. The average molecular weight is 340 g/mol. The van der Waals surface area contributed by atoms with Crippen LogP contribution in [0.4, 0.5) is 0 Å². The van der Waals surface area contributed by atoms with Gasteiger partial charge in [-0.15, -0.1) is 0 Å². The number of carbonyl (C=O) groups is 1. The number of hydrogen-bond acceptors (Lipinski definition) is 4. The molecule has 2 heterocycles. The number of para-hydroxylation sites is 1. The Morgan fingerprint density at radius 3 is 2.88 bits per heavy atom. The lowest BCUT2D eigenvalue weighted by Crippen LogP contribution is -2.53. The Morgan fingerprint density at radius 2 is 2.08 bits per heavy atom. The molecule has 3 atom stereocenters. The number of hydrogen-bond donors (Lipinski definition) is 0. The maximum absolute atomic E-state index is 13.4. The molecule has 0 bridgehead atoms. The van der Waals surface area contributed by atoms with Crippen molar-refractivity contribution < 1.29 is 14.3 Å². The number of likely N-dealkylation sites (tertiary alicyclic amines) is 1. The summed E-state index contributed by atoms with van der Waals surface area (Å²) in [7, 11) is 3.52. The molecule has 1 saturated carbocycles. The van der Waals surface area contributed by atoms with Gasteiger partial charge in [0.15, 0.2) is 0 Å². The molecule has 2 aromatic rings. The highest BCUT2D eigenvalue weighted by Gasteiger charge is 2.52. The topological polar surface area (TPSA) is 51.7 Å². The summed E-state index contributed by atoms with van der Waals surface area (Å²) >= 11 is 0. The maximum Gasteiger partial charge on any atom is 0.256 e. The van der Waals surface area contributed by atoms with Gasteiger partial charge in [0.25, 0.3) is 5.91 Å². The minimum Gasteiger partial charge on any atom is -0.381 e. The summed E-state index contributed by atoms with van der Waals surface area (Å²) in [5.74, 6) is 0.0463. The van der Waals surface area contributed by atoms with Crippen molar-refractivity contribution in [3.8, 4) is 0 Å². The zero-order valence-corrected chi connectivity index (χ0v) is 14.8. The highest BCUT2D eigenvalue weighted by Crippen LogP contribution is 2.43. The van der Waals surface area contributed by atoms with Gasteiger partial charge in [0.05, 0.1) is 28.8 Å². The molecule has 0 spiro atoms. The average Bonchev–Trinajstić information content (AvgIpc) is 3.06. The zero-order chi connectivity index (χ0) is 17.4. The van der Waals surface area contributed by atoms with E-state index >= 15 is 0 Å². The Balaban J connectivity index is 1.70. The fourth-order valence-electron chi connectivity index (χ4n) is 4.55. The van der Waals surface area contributed by atoms with Crippen molar-refractivity contribution in [1.82, 2.24) is 9.88 Å². The molecule has 1 saturated heterocycles. The van der Waals surface area contributed by atoms with E-state index in [1.165, 1.54) is 0 Å². The summed E-state index contributed by atoms with van der Waals surface area (Å²) in [4.78, 5) is 19.8. The van der Waals surface area contributed by atoms with Crippen molar-refractivity contribution in [2.45, 2.75) is 43.4 Å². The molecule has 5 nitrogen and oxygen atoms in total. The van der Waals surface area contributed by atoms with Crippen LogP contribution in [0.3, 0.4) is 0 Å². The van der Waals surface area contributed by atoms with Gasteiger partial charge in [-0.05, 0) is 37.8 Å². The lowest BCUT2D eigenvalue weighted by Gasteiger charge is -2.43. The summed E-state index contributed by atoms with van der Waals surface area (Å²) in [6.07, 6.45) is 5.56. The standard InChI is InChI=1S/C20H24N2O3/c1-24-15-8-9-20(25-2)10-12-22(17(20)13-15)19(23)16-7-3-5-14-6-4-11-21-18(14)16/h3-7,11,15,17H,8-10,12-13H2,1-2H3/t15-,17+,20-/m1/s1. The van der Waals surface area contributed by atoms with Crippen LogP contribution in [-0.4, -0.2) is 54.3 Å². The second kappa shape index (κ2) is 6.39. The van der Waals surface area contributed by atoms with Crippen molar-refractivity contribution in [1.29, 1.82) is 0 Å². The Kier molecular flexibility index (Phi) is 4.21. The fraction of sp³-hybridized carbons (Fsp3) is 0.500. The van der Waals surface area contributed by atoms with Gasteiger partial charge < -0.3 is 14.4 Å². The van der Waals surface area contributed by atoms with Gasteiger partial charge in [-0.2, -0.15) is 0 Å². The molecule has 2 fully saturated rings. The predicted molar refractivity (Wildman–Crippen MR) is 95.6 cm³/mol. The van der Waals surface area contributed by atoms with Gasteiger partial charge in [-0.3, -0.25) is 9.78 Å². The highest BCUT2D eigenvalue weighted by atomic mass is 16.5. The largest absolute Gasteiger partial charge is 0.381 e. The normalized spacial score (nSPS) is 29.0. The Bertz CT molecular complexity index is 788. The van der Waals surface area contributed by atoms with Gasteiger partial charge in [0, 0.05) is 32.3 Å². The van der Waals surface area contributed by atoms with Gasteiger partial charge in [0.2, 0.25) is 0 Å². The van der Waals surface area contributed by atoms with Crippen molar-refractivity contribution in [3.05, 3.63) is 42.1 Å². The molecule has 132 valence electrons. The number of rotatable bonds is 3. The minimum absolute atomic E-state index is 0.0463. The van der Waals surface area contributed by atoms with E-state index in [4.69, 9.17) is 9.47 Å². The Labute approximate surface area is 147 Å². The van der Waals surface area contributed by atoms with Crippen molar-refractivity contribution >= 4 is 16.8 Å². The molecule has 0 radical (unpaired) electrons. The third kappa shape index (κ3) is 2.62. The summed E-state index contributed by atoms with van der Waals surface area (Å²) in [5.41, 5.74) is 1.21.